The van der Waals surface area contributed by atoms with E-state index in [-0.39, 0.29) is 5.57 Å². The van der Waals surface area contributed by atoms with E-state index in [9.17, 15) is 10.5 Å². The van der Waals surface area contributed by atoms with Crippen LogP contribution in [0.1, 0.15) is 17.1 Å². The Balaban J connectivity index is 1.72. The first kappa shape index (κ1) is 23.0. The van der Waals surface area contributed by atoms with Gasteiger partial charge < -0.3 is 15.6 Å². The number of halogens is 1. The lowest BCUT2D eigenvalue weighted by molar-refractivity contribution is 0.722. The van der Waals surface area contributed by atoms with Crippen LogP contribution in [0.3, 0.4) is 0 Å². The van der Waals surface area contributed by atoms with Crippen molar-refractivity contribution in [2.75, 3.05) is 24.6 Å². The molecule has 0 unspecified atom stereocenters. The fourth-order valence-electron chi connectivity index (χ4n) is 2.27. The second-order valence-electron chi connectivity index (χ2n) is 5.84. The van der Waals surface area contributed by atoms with Crippen LogP contribution in [0.25, 0.3) is 0 Å². The van der Waals surface area contributed by atoms with Crippen molar-refractivity contribution in [3.63, 3.8) is 0 Å². The number of nitriles is 2. The quantitative estimate of drug-likeness (QED) is 0.335. The standard InChI is InChI=1S/C19H22ClN7S2/c1-14-17(27-13-26-14)11-28-7-5-24-19(15(9-21)10-22)25-6-8-29-12-18-16(20)3-2-4-23-18/h2-4,13,24-25H,5-8,11-12H2,1H3,(H,26,27). The summed E-state index contributed by atoms with van der Waals surface area (Å²) >= 11 is 9.52. The second-order valence-corrected chi connectivity index (χ2v) is 8.46. The molecular weight excluding hydrogens is 426 g/mol. The third kappa shape index (κ3) is 7.90. The number of rotatable bonds is 12. The first-order valence-electron chi connectivity index (χ1n) is 8.91. The Morgan fingerprint density at radius 1 is 1.10 bits per heavy atom. The number of aromatic amines is 1. The van der Waals surface area contributed by atoms with Crippen molar-refractivity contribution >= 4 is 35.1 Å². The molecule has 0 bridgehead atoms. The Morgan fingerprint density at radius 3 is 2.31 bits per heavy atom. The van der Waals surface area contributed by atoms with Gasteiger partial charge in [-0.1, -0.05) is 11.6 Å². The minimum Gasteiger partial charge on any atom is -0.369 e. The van der Waals surface area contributed by atoms with Crippen LogP contribution in [0.4, 0.5) is 0 Å². The van der Waals surface area contributed by atoms with Crippen molar-refractivity contribution in [3.8, 4) is 12.1 Å². The van der Waals surface area contributed by atoms with Crippen LogP contribution < -0.4 is 10.6 Å². The summed E-state index contributed by atoms with van der Waals surface area (Å²) in [5, 5.41) is 25.3. The van der Waals surface area contributed by atoms with Gasteiger partial charge in [-0.25, -0.2) is 4.98 Å². The number of allylic oxidation sites excluding steroid dienone is 1. The third-order valence-corrected chi connectivity index (χ3v) is 6.10. The second kappa shape index (κ2) is 13.0. The number of nitrogens with one attached hydrogen (secondary N) is 3. The molecule has 0 fully saturated rings. The van der Waals surface area contributed by atoms with E-state index in [4.69, 9.17) is 11.6 Å². The van der Waals surface area contributed by atoms with E-state index in [0.717, 1.165) is 34.3 Å². The van der Waals surface area contributed by atoms with Crippen molar-refractivity contribution in [3.05, 3.63) is 58.2 Å². The molecule has 0 aliphatic rings. The third-order valence-electron chi connectivity index (χ3n) is 3.82. The maximum absolute atomic E-state index is 9.18. The molecule has 0 saturated heterocycles. The van der Waals surface area contributed by atoms with Gasteiger partial charge in [0.15, 0.2) is 5.57 Å². The van der Waals surface area contributed by atoms with Gasteiger partial charge in [0, 0.05) is 48.0 Å². The summed E-state index contributed by atoms with van der Waals surface area (Å²) in [6.07, 6.45) is 3.42. The number of H-pyrrole nitrogens is 1. The largest absolute Gasteiger partial charge is 0.369 e. The lowest BCUT2D eigenvalue weighted by atomic mass is 10.3. The molecule has 7 nitrogen and oxygen atoms in total. The topological polar surface area (TPSA) is 113 Å². The molecule has 0 atom stereocenters. The molecule has 0 aliphatic heterocycles. The summed E-state index contributed by atoms with van der Waals surface area (Å²) in [5.74, 6) is 3.62. The predicted molar refractivity (Wildman–Crippen MR) is 119 cm³/mol. The van der Waals surface area contributed by atoms with E-state index in [1.54, 1.807) is 42.1 Å². The van der Waals surface area contributed by atoms with Crippen molar-refractivity contribution in [1.82, 2.24) is 25.6 Å². The van der Waals surface area contributed by atoms with Crippen molar-refractivity contribution in [2.45, 2.75) is 18.4 Å². The van der Waals surface area contributed by atoms with Crippen LogP contribution in [0, 0.1) is 29.6 Å². The van der Waals surface area contributed by atoms with Crippen LogP contribution in [-0.2, 0) is 11.5 Å². The summed E-state index contributed by atoms with van der Waals surface area (Å²) in [6, 6.07) is 7.50. The number of aromatic nitrogens is 3. The average molecular weight is 448 g/mol. The Morgan fingerprint density at radius 2 is 1.76 bits per heavy atom. The molecule has 2 heterocycles. The van der Waals surface area contributed by atoms with Crippen molar-refractivity contribution < 1.29 is 0 Å². The van der Waals surface area contributed by atoms with E-state index in [2.05, 4.69) is 25.6 Å². The number of nitrogens with zero attached hydrogens (tertiary/aromatic N) is 4. The molecule has 0 aromatic carbocycles. The molecule has 10 heteroatoms. The molecule has 2 rings (SSSR count). The SMILES string of the molecule is Cc1[nH]cnc1CSCCNC(NCCSCc1ncccc1Cl)=C(C#N)C#N. The molecule has 0 radical (unpaired) electrons. The van der Waals surface area contributed by atoms with Gasteiger partial charge in [-0.2, -0.15) is 34.0 Å². The van der Waals surface area contributed by atoms with Gasteiger partial charge in [0.25, 0.3) is 0 Å². The van der Waals surface area contributed by atoms with Gasteiger partial charge in [0.1, 0.15) is 18.0 Å². The number of imidazole rings is 1. The van der Waals surface area contributed by atoms with Gasteiger partial charge in [0.2, 0.25) is 0 Å². The fourth-order valence-corrected chi connectivity index (χ4v) is 4.22. The summed E-state index contributed by atoms with van der Waals surface area (Å²) in [7, 11) is 0. The zero-order chi connectivity index (χ0) is 20.9. The van der Waals surface area contributed by atoms with Crippen LogP contribution in [0.5, 0.6) is 0 Å². The maximum atomic E-state index is 9.18. The number of hydrogen-bond donors (Lipinski definition) is 3. The number of aryl methyl sites for hydroxylation is 1. The summed E-state index contributed by atoms with van der Waals surface area (Å²) in [6.45, 7) is 3.25. The lowest BCUT2D eigenvalue weighted by Crippen LogP contribution is -2.31. The van der Waals surface area contributed by atoms with Gasteiger partial charge in [-0.3, -0.25) is 4.98 Å². The van der Waals surface area contributed by atoms with E-state index < -0.39 is 0 Å². The molecule has 0 saturated carbocycles. The van der Waals surface area contributed by atoms with E-state index in [0.29, 0.717) is 29.7 Å². The average Bonchev–Trinajstić information content (AvgIpc) is 3.13. The number of hydrogen-bond acceptors (Lipinski definition) is 8. The summed E-state index contributed by atoms with van der Waals surface area (Å²) in [5.41, 5.74) is 3.03. The first-order valence-corrected chi connectivity index (χ1v) is 11.6. The van der Waals surface area contributed by atoms with E-state index >= 15 is 0 Å². The Hall–Kier alpha value is -2.33. The van der Waals surface area contributed by atoms with Crippen LogP contribution in [0.2, 0.25) is 5.02 Å². The number of pyridine rings is 1. The van der Waals surface area contributed by atoms with Gasteiger partial charge in [0.05, 0.1) is 22.7 Å². The zero-order valence-corrected chi connectivity index (χ0v) is 18.4. The van der Waals surface area contributed by atoms with Gasteiger partial charge in [-0.15, -0.1) is 0 Å². The van der Waals surface area contributed by atoms with Crippen molar-refractivity contribution in [1.29, 1.82) is 10.5 Å². The molecular formula is C19H22ClN7S2. The number of thioether (sulfide) groups is 2. The molecule has 0 spiro atoms. The molecule has 0 amide bonds. The highest BCUT2D eigenvalue weighted by Gasteiger charge is 2.07. The minimum atomic E-state index is 0.0518. The van der Waals surface area contributed by atoms with Gasteiger partial charge >= 0.3 is 0 Å². The lowest BCUT2D eigenvalue weighted by Gasteiger charge is -2.13. The normalized spacial score (nSPS) is 10.1. The first-order chi connectivity index (χ1) is 14.2. The van der Waals surface area contributed by atoms with Crippen LogP contribution in [0.15, 0.2) is 36.1 Å². The van der Waals surface area contributed by atoms with E-state index in [1.165, 1.54) is 0 Å². The van der Waals surface area contributed by atoms with Crippen molar-refractivity contribution in [2.24, 2.45) is 0 Å². The van der Waals surface area contributed by atoms with E-state index in [1.807, 2.05) is 25.1 Å². The molecule has 3 N–H and O–H groups in total. The molecule has 2 aromatic rings. The Labute approximate surface area is 184 Å². The smallest absolute Gasteiger partial charge is 0.169 e. The molecule has 29 heavy (non-hydrogen) atoms. The fraction of sp³-hybridized carbons (Fsp3) is 0.368. The summed E-state index contributed by atoms with van der Waals surface area (Å²) in [4.78, 5) is 11.6. The summed E-state index contributed by atoms with van der Waals surface area (Å²) < 4.78 is 0. The van der Waals surface area contributed by atoms with Crippen LogP contribution in [-0.4, -0.2) is 39.5 Å². The highest BCUT2D eigenvalue weighted by Crippen LogP contribution is 2.18. The zero-order valence-electron chi connectivity index (χ0n) is 16.0. The monoisotopic (exact) mass is 447 g/mol. The van der Waals surface area contributed by atoms with Crippen LogP contribution >= 0.6 is 35.1 Å². The Bertz CT molecular complexity index is 882. The molecule has 152 valence electrons. The highest BCUT2D eigenvalue weighted by molar-refractivity contribution is 7.98. The molecule has 0 aliphatic carbocycles. The predicted octanol–water partition coefficient (Wildman–Crippen LogP) is 3.37. The maximum Gasteiger partial charge on any atom is 0.169 e. The highest BCUT2D eigenvalue weighted by atomic mass is 35.5. The molecule has 2 aromatic heterocycles. The minimum absolute atomic E-state index is 0.0518. The Kier molecular flexibility index (Phi) is 10.3. The van der Waals surface area contributed by atoms with Gasteiger partial charge in [-0.05, 0) is 19.1 Å².